The van der Waals surface area contributed by atoms with Crippen molar-refractivity contribution in [1.82, 2.24) is 9.97 Å². The Hall–Kier alpha value is -1.62. The van der Waals surface area contributed by atoms with Crippen molar-refractivity contribution in [2.75, 3.05) is 0 Å². The van der Waals surface area contributed by atoms with Crippen LogP contribution < -0.4 is 10.3 Å². The molecule has 0 spiro atoms. The summed E-state index contributed by atoms with van der Waals surface area (Å²) < 4.78 is 5.89. The van der Waals surface area contributed by atoms with Crippen LogP contribution in [0.5, 0.6) is 11.6 Å². The fourth-order valence-corrected chi connectivity index (χ4v) is 1.75. The molecule has 0 saturated carbocycles. The van der Waals surface area contributed by atoms with Gasteiger partial charge < -0.3 is 9.72 Å². The van der Waals surface area contributed by atoms with Gasteiger partial charge in [-0.15, -0.1) is 0 Å². The fraction of sp³-hybridized carbons (Fsp3) is 0.167. The number of hydrogen-bond donors (Lipinski definition) is 1. The molecule has 4 nitrogen and oxygen atoms in total. The third kappa shape index (κ3) is 2.55. The van der Waals surface area contributed by atoms with Gasteiger partial charge in [-0.1, -0.05) is 17.7 Å². The van der Waals surface area contributed by atoms with Crippen LogP contribution in [0.15, 0.2) is 33.8 Å². The van der Waals surface area contributed by atoms with E-state index in [4.69, 9.17) is 4.74 Å². The van der Waals surface area contributed by atoms with Gasteiger partial charge in [-0.2, -0.15) is 0 Å². The van der Waals surface area contributed by atoms with Gasteiger partial charge in [0.15, 0.2) is 0 Å². The maximum absolute atomic E-state index is 11.3. The van der Waals surface area contributed by atoms with Gasteiger partial charge in [-0.3, -0.25) is 4.79 Å². The number of nitrogens with one attached hydrogen (secondary N) is 1. The average Bonchev–Trinajstić information content (AvgIpc) is 2.28. The van der Waals surface area contributed by atoms with E-state index in [1.54, 1.807) is 0 Å². The molecule has 1 N–H and O–H groups in total. The van der Waals surface area contributed by atoms with E-state index in [-0.39, 0.29) is 11.4 Å². The van der Waals surface area contributed by atoms with E-state index in [9.17, 15) is 4.79 Å². The SMILES string of the molecule is Cc1ccc(Oc2nc[nH]c(=O)c2Br)c(C)c1. The lowest BCUT2D eigenvalue weighted by Gasteiger charge is -2.08. The van der Waals surface area contributed by atoms with Gasteiger partial charge in [0.25, 0.3) is 5.56 Å². The lowest BCUT2D eigenvalue weighted by molar-refractivity contribution is 0.453. The minimum absolute atomic E-state index is 0.264. The largest absolute Gasteiger partial charge is 0.437 e. The maximum Gasteiger partial charge on any atom is 0.268 e. The van der Waals surface area contributed by atoms with Crippen molar-refractivity contribution in [3.05, 3.63) is 50.5 Å². The molecule has 17 heavy (non-hydrogen) atoms. The fourth-order valence-electron chi connectivity index (χ4n) is 1.46. The molecule has 88 valence electrons. The van der Waals surface area contributed by atoms with Crippen LogP contribution in [-0.4, -0.2) is 9.97 Å². The summed E-state index contributed by atoms with van der Waals surface area (Å²) in [7, 11) is 0. The third-order valence-electron chi connectivity index (χ3n) is 2.30. The topological polar surface area (TPSA) is 55.0 Å². The molecule has 0 aliphatic heterocycles. The number of benzene rings is 1. The zero-order chi connectivity index (χ0) is 12.4. The van der Waals surface area contributed by atoms with Crippen molar-refractivity contribution < 1.29 is 4.74 Å². The van der Waals surface area contributed by atoms with Crippen molar-refractivity contribution in [3.8, 4) is 11.6 Å². The number of halogens is 1. The summed E-state index contributed by atoms with van der Waals surface area (Å²) in [4.78, 5) is 17.8. The van der Waals surface area contributed by atoms with Gasteiger partial charge >= 0.3 is 0 Å². The minimum Gasteiger partial charge on any atom is -0.437 e. The van der Waals surface area contributed by atoms with Crippen LogP contribution in [0, 0.1) is 13.8 Å². The number of aromatic amines is 1. The molecular formula is C12H11BrN2O2. The second-order valence-electron chi connectivity index (χ2n) is 3.72. The molecule has 0 bridgehead atoms. The molecule has 0 saturated heterocycles. The zero-order valence-electron chi connectivity index (χ0n) is 9.45. The molecule has 0 fully saturated rings. The summed E-state index contributed by atoms with van der Waals surface area (Å²) in [6.07, 6.45) is 1.31. The van der Waals surface area contributed by atoms with Gasteiger partial charge in [-0.05, 0) is 41.4 Å². The first-order valence-electron chi connectivity index (χ1n) is 5.06. The van der Waals surface area contributed by atoms with Crippen molar-refractivity contribution in [3.63, 3.8) is 0 Å². The number of nitrogens with zero attached hydrogens (tertiary/aromatic N) is 1. The standard InChI is InChI=1S/C12H11BrN2O2/c1-7-3-4-9(8(2)5-7)17-12-10(13)11(16)14-6-15-12/h3-6H,1-2H3,(H,14,15,16). The van der Waals surface area contributed by atoms with Gasteiger partial charge in [0.05, 0.1) is 6.33 Å². The first kappa shape index (κ1) is 11.9. The van der Waals surface area contributed by atoms with Crippen molar-refractivity contribution in [1.29, 1.82) is 0 Å². The average molecular weight is 295 g/mol. The van der Waals surface area contributed by atoms with Gasteiger partial charge in [0.1, 0.15) is 10.2 Å². The van der Waals surface area contributed by atoms with E-state index in [0.717, 1.165) is 11.1 Å². The highest BCUT2D eigenvalue weighted by Gasteiger charge is 2.09. The molecule has 1 heterocycles. The molecule has 0 radical (unpaired) electrons. The first-order chi connectivity index (χ1) is 8.08. The van der Waals surface area contributed by atoms with E-state index >= 15 is 0 Å². The predicted octanol–water partition coefficient (Wildman–Crippen LogP) is 2.94. The van der Waals surface area contributed by atoms with Crippen LogP contribution in [-0.2, 0) is 0 Å². The van der Waals surface area contributed by atoms with Gasteiger partial charge in [0.2, 0.25) is 5.88 Å². The second-order valence-corrected chi connectivity index (χ2v) is 4.51. The van der Waals surface area contributed by atoms with Crippen LogP contribution in [0.1, 0.15) is 11.1 Å². The summed E-state index contributed by atoms with van der Waals surface area (Å²) in [5, 5.41) is 0. The Morgan fingerprint density at radius 2 is 2.12 bits per heavy atom. The molecular weight excluding hydrogens is 284 g/mol. The molecule has 0 aliphatic carbocycles. The van der Waals surface area contributed by atoms with Crippen molar-refractivity contribution >= 4 is 15.9 Å². The molecule has 2 aromatic rings. The monoisotopic (exact) mass is 294 g/mol. The van der Waals surface area contributed by atoms with Crippen LogP contribution in [0.4, 0.5) is 0 Å². The highest BCUT2D eigenvalue weighted by molar-refractivity contribution is 9.10. The number of rotatable bonds is 2. The maximum atomic E-state index is 11.3. The molecule has 0 aliphatic rings. The summed E-state index contributed by atoms with van der Waals surface area (Å²) in [6, 6.07) is 5.82. The number of aromatic nitrogens is 2. The van der Waals surface area contributed by atoms with Gasteiger partial charge in [-0.25, -0.2) is 4.98 Å². The normalized spacial score (nSPS) is 10.3. The number of H-pyrrole nitrogens is 1. The van der Waals surface area contributed by atoms with E-state index in [1.807, 2.05) is 32.0 Å². The predicted molar refractivity (Wildman–Crippen MR) is 68.5 cm³/mol. The van der Waals surface area contributed by atoms with Crippen LogP contribution >= 0.6 is 15.9 Å². The molecule has 5 heteroatoms. The Kier molecular flexibility index (Phi) is 3.28. The van der Waals surface area contributed by atoms with Crippen molar-refractivity contribution in [2.45, 2.75) is 13.8 Å². The van der Waals surface area contributed by atoms with Gasteiger partial charge in [0, 0.05) is 0 Å². The van der Waals surface area contributed by atoms with Crippen LogP contribution in [0.3, 0.4) is 0 Å². The summed E-state index contributed by atoms with van der Waals surface area (Å²) in [5.41, 5.74) is 1.89. The lowest BCUT2D eigenvalue weighted by atomic mass is 10.1. The Balaban J connectivity index is 2.38. The van der Waals surface area contributed by atoms with Crippen LogP contribution in [0.2, 0.25) is 0 Å². The first-order valence-corrected chi connectivity index (χ1v) is 5.85. The highest BCUT2D eigenvalue weighted by atomic mass is 79.9. The minimum atomic E-state index is -0.264. The molecule has 1 aromatic carbocycles. The van der Waals surface area contributed by atoms with E-state index in [0.29, 0.717) is 10.2 Å². The number of hydrogen-bond acceptors (Lipinski definition) is 3. The molecule has 0 amide bonds. The Labute approximate surface area is 107 Å². The Morgan fingerprint density at radius 3 is 2.82 bits per heavy atom. The summed E-state index contributed by atoms with van der Waals surface area (Å²) >= 11 is 3.15. The van der Waals surface area contributed by atoms with E-state index in [2.05, 4.69) is 25.9 Å². The molecule has 0 unspecified atom stereocenters. The Bertz CT molecular complexity index is 608. The molecule has 0 atom stereocenters. The smallest absolute Gasteiger partial charge is 0.268 e. The second kappa shape index (κ2) is 4.71. The highest BCUT2D eigenvalue weighted by Crippen LogP contribution is 2.27. The number of ether oxygens (including phenoxy) is 1. The molecule has 2 rings (SSSR count). The molecule has 1 aromatic heterocycles. The quantitative estimate of drug-likeness (QED) is 0.926. The van der Waals surface area contributed by atoms with Crippen molar-refractivity contribution in [2.24, 2.45) is 0 Å². The zero-order valence-corrected chi connectivity index (χ0v) is 11.0. The van der Waals surface area contributed by atoms with E-state index < -0.39 is 0 Å². The Morgan fingerprint density at radius 1 is 1.35 bits per heavy atom. The lowest BCUT2D eigenvalue weighted by Crippen LogP contribution is -2.08. The summed E-state index contributed by atoms with van der Waals surface area (Å²) in [6.45, 7) is 3.96. The number of aryl methyl sites for hydroxylation is 2. The van der Waals surface area contributed by atoms with E-state index in [1.165, 1.54) is 6.33 Å². The van der Waals surface area contributed by atoms with Crippen LogP contribution in [0.25, 0.3) is 0 Å². The third-order valence-corrected chi connectivity index (χ3v) is 3.00. The summed E-state index contributed by atoms with van der Waals surface area (Å²) in [5.74, 6) is 0.954.